The van der Waals surface area contributed by atoms with Crippen molar-refractivity contribution < 1.29 is 13.8 Å². The zero-order chi connectivity index (χ0) is 10.8. The molecule has 0 N–H and O–H groups in total. The van der Waals surface area contributed by atoms with Crippen LogP contribution in [-0.2, 0) is 0 Å². The van der Waals surface area contributed by atoms with Gasteiger partial charge in [-0.3, -0.25) is 10.1 Å². The summed E-state index contributed by atoms with van der Waals surface area (Å²) in [6.45, 7) is 0. The third-order valence-corrected chi connectivity index (χ3v) is 1.85. The van der Waals surface area contributed by atoms with Gasteiger partial charge in [-0.25, -0.2) is 4.39 Å². The lowest BCUT2D eigenvalue weighted by atomic mass is 10.1. The highest BCUT2D eigenvalue weighted by atomic mass is 19.1. The van der Waals surface area contributed by atoms with E-state index in [1.807, 2.05) is 0 Å². The molecule has 0 saturated carbocycles. The second-order valence-corrected chi connectivity index (χ2v) is 2.82. The SMILES string of the molecule is O=[N+]([O-])c1conc1-c1cccc(F)c1. The van der Waals surface area contributed by atoms with E-state index in [0.717, 1.165) is 12.3 Å². The van der Waals surface area contributed by atoms with Crippen molar-refractivity contribution in [3.8, 4) is 11.3 Å². The van der Waals surface area contributed by atoms with Crippen molar-refractivity contribution >= 4 is 5.69 Å². The number of aromatic nitrogens is 1. The molecule has 6 heteroatoms. The van der Waals surface area contributed by atoms with Gasteiger partial charge in [-0.15, -0.1) is 0 Å². The number of benzene rings is 1. The maximum absolute atomic E-state index is 12.9. The third kappa shape index (κ3) is 1.69. The van der Waals surface area contributed by atoms with Crippen molar-refractivity contribution in [1.29, 1.82) is 0 Å². The summed E-state index contributed by atoms with van der Waals surface area (Å²) < 4.78 is 17.4. The van der Waals surface area contributed by atoms with Gasteiger partial charge in [-0.2, -0.15) is 0 Å². The average Bonchev–Trinajstić information content (AvgIpc) is 2.65. The first kappa shape index (κ1) is 9.32. The topological polar surface area (TPSA) is 69.2 Å². The van der Waals surface area contributed by atoms with Crippen molar-refractivity contribution in [3.63, 3.8) is 0 Å². The molecule has 0 bridgehead atoms. The van der Waals surface area contributed by atoms with Crippen LogP contribution in [0.4, 0.5) is 10.1 Å². The molecule has 0 fully saturated rings. The van der Waals surface area contributed by atoms with E-state index in [1.54, 1.807) is 0 Å². The summed E-state index contributed by atoms with van der Waals surface area (Å²) in [5.74, 6) is -0.482. The maximum Gasteiger partial charge on any atom is 0.336 e. The minimum absolute atomic E-state index is 0.0273. The first-order valence-corrected chi connectivity index (χ1v) is 4.03. The highest BCUT2D eigenvalue weighted by Crippen LogP contribution is 2.28. The molecule has 0 saturated heterocycles. The van der Waals surface area contributed by atoms with Gasteiger partial charge in [0.1, 0.15) is 5.82 Å². The predicted octanol–water partition coefficient (Wildman–Crippen LogP) is 2.39. The second kappa shape index (κ2) is 3.49. The Balaban J connectivity index is 2.54. The fourth-order valence-corrected chi connectivity index (χ4v) is 1.20. The van der Waals surface area contributed by atoms with Crippen LogP contribution in [0.15, 0.2) is 35.1 Å². The fraction of sp³-hybridized carbons (Fsp3) is 0. The molecule has 0 aliphatic carbocycles. The molecule has 0 amide bonds. The minimum atomic E-state index is -0.628. The Kier molecular flexibility index (Phi) is 2.17. The Hall–Kier alpha value is -2.24. The van der Waals surface area contributed by atoms with Crippen molar-refractivity contribution in [2.75, 3.05) is 0 Å². The highest BCUT2D eigenvalue weighted by molar-refractivity contribution is 5.68. The van der Waals surface area contributed by atoms with Gasteiger partial charge in [-0.1, -0.05) is 17.3 Å². The standard InChI is InChI=1S/C9H5FN2O3/c10-7-3-1-2-6(4-7)9-8(12(13)14)5-15-11-9/h1-5H. The van der Waals surface area contributed by atoms with Gasteiger partial charge < -0.3 is 4.52 Å². The Morgan fingerprint density at radius 1 is 1.47 bits per heavy atom. The van der Waals surface area contributed by atoms with Gasteiger partial charge >= 0.3 is 5.69 Å². The molecule has 5 nitrogen and oxygen atoms in total. The summed E-state index contributed by atoms with van der Waals surface area (Å²) >= 11 is 0. The lowest BCUT2D eigenvalue weighted by molar-refractivity contribution is -0.384. The molecule has 0 aliphatic heterocycles. The van der Waals surface area contributed by atoms with Crippen LogP contribution < -0.4 is 0 Å². The monoisotopic (exact) mass is 208 g/mol. The van der Waals surface area contributed by atoms with Crippen LogP contribution in [0.3, 0.4) is 0 Å². The molecular weight excluding hydrogens is 203 g/mol. The van der Waals surface area contributed by atoms with E-state index in [4.69, 9.17) is 0 Å². The summed E-state index contributed by atoms with van der Waals surface area (Å²) in [6, 6.07) is 5.37. The Bertz CT molecular complexity index is 510. The molecule has 15 heavy (non-hydrogen) atoms. The first-order chi connectivity index (χ1) is 7.18. The minimum Gasteiger partial charge on any atom is -0.357 e. The molecule has 2 aromatic rings. The molecule has 0 spiro atoms. The van der Waals surface area contributed by atoms with Gasteiger partial charge in [0.25, 0.3) is 0 Å². The third-order valence-electron chi connectivity index (χ3n) is 1.85. The molecular formula is C9H5FN2O3. The van der Waals surface area contributed by atoms with E-state index in [9.17, 15) is 14.5 Å². The maximum atomic E-state index is 12.9. The van der Waals surface area contributed by atoms with Crippen LogP contribution >= 0.6 is 0 Å². The van der Waals surface area contributed by atoms with Crippen LogP contribution in [0.2, 0.25) is 0 Å². The quantitative estimate of drug-likeness (QED) is 0.561. The zero-order valence-corrected chi connectivity index (χ0v) is 7.38. The Labute approximate surface area is 83.3 Å². The predicted molar refractivity (Wildman–Crippen MR) is 48.6 cm³/mol. The molecule has 0 aliphatic rings. The molecule has 76 valence electrons. The normalized spacial score (nSPS) is 10.2. The van der Waals surface area contributed by atoms with Crippen molar-refractivity contribution in [1.82, 2.24) is 5.16 Å². The molecule has 0 unspecified atom stereocenters. The van der Waals surface area contributed by atoms with E-state index >= 15 is 0 Å². The van der Waals surface area contributed by atoms with Crippen LogP contribution in [0.25, 0.3) is 11.3 Å². The molecule has 2 rings (SSSR count). The van der Waals surface area contributed by atoms with Gasteiger partial charge in [0, 0.05) is 5.56 Å². The van der Waals surface area contributed by atoms with E-state index < -0.39 is 10.7 Å². The summed E-state index contributed by atoms with van der Waals surface area (Å²) in [4.78, 5) is 9.92. The van der Waals surface area contributed by atoms with E-state index in [0.29, 0.717) is 5.56 Å². The second-order valence-electron chi connectivity index (χ2n) is 2.82. The van der Waals surface area contributed by atoms with E-state index in [1.165, 1.54) is 18.2 Å². The molecule has 1 aromatic heterocycles. The fourth-order valence-electron chi connectivity index (χ4n) is 1.20. The number of halogens is 1. The first-order valence-electron chi connectivity index (χ1n) is 4.03. The van der Waals surface area contributed by atoms with Gasteiger partial charge in [0.2, 0.25) is 6.26 Å². The highest BCUT2D eigenvalue weighted by Gasteiger charge is 2.20. The smallest absolute Gasteiger partial charge is 0.336 e. The van der Waals surface area contributed by atoms with Gasteiger partial charge in [0.05, 0.1) is 4.92 Å². The van der Waals surface area contributed by atoms with Gasteiger partial charge in [0.15, 0.2) is 5.69 Å². The summed E-state index contributed by atoms with van der Waals surface area (Å²) in [7, 11) is 0. The molecule has 1 heterocycles. The van der Waals surface area contributed by atoms with E-state index in [-0.39, 0.29) is 11.4 Å². The number of rotatable bonds is 2. The van der Waals surface area contributed by atoms with Crippen molar-refractivity contribution in [2.24, 2.45) is 0 Å². The zero-order valence-electron chi connectivity index (χ0n) is 7.38. The number of nitro groups is 1. The van der Waals surface area contributed by atoms with Crippen LogP contribution in [-0.4, -0.2) is 10.1 Å². The number of hydrogen-bond donors (Lipinski definition) is 0. The summed E-state index contributed by atoms with van der Waals surface area (Å²) in [6.07, 6.45) is 0.917. The Morgan fingerprint density at radius 2 is 2.27 bits per heavy atom. The van der Waals surface area contributed by atoms with Crippen molar-refractivity contribution in [2.45, 2.75) is 0 Å². The Morgan fingerprint density at radius 3 is 2.93 bits per heavy atom. The summed E-state index contributed by atoms with van der Waals surface area (Å²) in [5, 5.41) is 14.0. The largest absolute Gasteiger partial charge is 0.357 e. The number of nitrogens with zero attached hydrogens (tertiary/aromatic N) is 2. The van der Waals surface area contributed by atoms with Crippen LogP contribution in [0.5, 0.6) is 0 Å². The molecule has 1 aromatic carbocycles. The number of hydrogen-bond acceptors (Lipinski definition) is 4. The molecule has 0 atom stereocenters. The van der Waals surface area contributed by atoms with Crippen LogP contribution in [0.1, 0.15) is 0 Å². The van der Waals surface area contributed by atoms with Gasteiger partial charge in [-0.05, 0) is 12.1 Å². The summed E-state index contributed by atoms with van der Waals surface area (Å²) in [5.41, 5.74) is 0.0653. The van der Waals surface area contributed by atoms with Crippen molar-refractivity contribution in [3.05, 3.63) is 46.5 Å². The van der Waals surface area contributed by atoms with Crippen LogP contribution in [0, 0.1) is 15.9 Å². The molecule has 0 radical (unpaired) electrons. The van der Waals surface area contributed by atoms with E-state index in [2.05, 4.69) is 9.68 Å². The average molecular weight is 208 g/mol. The lowest BCUT2D eigenvalue weighted by Crippen LogP contribution is -1.89. The lowest BCUT2D eigenvalue weighted by Gasteiger charge is -1.94.